The third kappa shape index (κ3) is 7.49. The summed E-state index contributed by atoms with van der Waals surface area (Å²) in [7, 11) is -4.00. The van der Waals surface area contributed by atoms with E-state index >= 15 is 0 Å². The van der Waals surface area contributed by atoms with Crippen molar-refractivity contribution in [2.24, 2.45) is 0 Å². The lowest BCUT2D eigenvalue weighted by Gasteiger charge is -2.19. The quantitative estimate of drug-likeness (QED) is 0.343. The van der Waals surface area contributed by atoms with Crippen LogP contribution in [0.3, 0.4) is 0 Å². The Balaban J connectivity index is 1.74. The fourth-order valence-corrected chi connectivity index (χ4v) is 4.58. The molecule has 0 aliphatic heterocycles. The molecule has 0 aliphatic rings. The predicted octanol–water partition coefficient (Wildman–Crippen LogP) is 4.99. The highest BCUT2D eigenvalue weighted by atomic mass is 32.2. The maximum absolute atomic E-state index is 13.1. The lowest BCUT2D eigenvalue weighted by Crippen LogP contribution is -2.44. The molecule has 0 bridgehead atoms. The number of rotatable bonds is 11. The molecule has 0 saturated heterocycles. The fraction of sp³-hybridized carbons (Fsp3) is 0.143. The first-order chi connectivity index (χ1) is 17.2. The topological polar surface area (TPSA) is 104 Å². The summed E-state index contributed by atoms with van der Waals surface area (Å²) in [6.07, 6.45) is 3.25. The van der Waals surface area contributed by atoms with E-state index < -0.39 is 22.0 Å². The minimum atomic E-state index is -4.00. The molecule has 7 nitrogen and oxygen atoms in total. The monoisotopic (exact) mass is 503 g/mol. The molecule has 8 heteroatoms. The summed E-state index contributed by atoms with van der Waals surface area (Å²) in [6, 6.07) is 19.2. The van der Waals surface area contributed by atoms with Gasteiger partial charge in [-0.15, -0.1) is 0 Å². The van der Waals surface area contributed by atoms with Crippen molar-refractivity contribution in [1.29, 1.82) is 0 Å². The Labute approximate surface area is 212 Å². The van der Waals surface area contributed by atoms with Crippen molar-refractivity contribution < 1.29 is 18.0 Å². The average Bonchev–Trinajstić information content (AvgIpc) is 2.87. The molecule has 2 amide bonds. The number of nitrogens with one attached hydrogen (secondary N) is 3. The van der Waals surface area contributed by atoms with Gasteiger partial charge in [0.2, 0.25) is 21.8 Å². The maximum atomic E-state index is 13.1. The molecule has 3 aromatic carbocycles. The zero-order valence-corrected chi connectivity index (χ0v) is 20.8. The van der Waals surface area contributed by atoms with Gasteiger partial charge >= 0.3 is 0 Å². The van der Waals surface area contributed by atoms with Gasteiger partial charge in [-0.2, -0.15) is 4.72 Å². The van der Waals surface area contributed by atoms with Gasteiger partial charge in [0.15, 0.2) is 0 Å². The Morgan fingerprint density at radius 3 is 1.81 bits per heavy atom. The van der Waals surface area contributed by atoms with Crippen LogP contribution in [0.2, 0.25) is 0 Å². The molecule has 0 unspecified atom stereocenters. The van der Waals surface area contributed by atoms with Gasteiger partial charge < -0.3 is 10.6 Å². The van der Waals surface area contributed by atoms with E-state index in [1.54, 1.807) is 60.7 Å². The molecule has 0 saturated carbocycles. The van der Waals surface area contributed by atoms with Crippen molar-refractivity contribution in [2.45, 2.75) is 30.7 Å². The van der Waals surface area contributed by atoms with Crippen molar-refractivity contribution in [1.82, 2.24) is 4.72 Å². The summed E-state index contributed by atoms with van der Waals surface area (Å²) >= 11 is 0. The summed E-state index contributed by atoms with van der Waals surface area (Å²) in [6.45, 7) is 9.24. The Morgan fingerprint density at radius 1 is 0.806 bits per heavy atom. The number of carbonyl (C=O) groups excluding carboxylic acids is 2. The Kier molecular flexibility index (Phi) is 8.94. The lowest BCUT2D eigenvalue weighted by molar-refractivity contribution is -0.118. The smallest absolute Gasteiger partial charge is 0.242 e. The van der Waals surface area contributed by atoms with E-state index in [0.29, 0.717) is 11.4 Å². The Bertz CT molecular complexity index is 1330. The van der Waals surface area contributed by atoms with Gasteiger partial charge in [0.1, 0.15) is 6.04 Å². The van der Waals surface area contributed by atoms with Crippen molar-refractivity contribution in [2.75, 3.05) is 10.6 Å². The molecule has 0 radical (unpaired) electrons. The van der Waals surface area contributed by atoms with Crippen LogP contribution in [0.15, 0.2) is 90.8 Å². The fourth-order valence-electron chi connectivity index (χ4n) is 3.35. The number of benzene rings is 3. The minimum Gasteiger partial charge on any atom is -0.326 e. The lowest BCUT2D eigenvalue weighted by atomic mass is 10.1. The van der Waals surface area contributed by atoms with Gasteiger partial charge in [-0.1, -0.05) is 67.3 Å². The van der Waals surface area contributed by atoms with Crippen LogP contribution in [0.25, 0.3) is 12.2 Å². The summed E-state index contributed by atoms with van der Waals surface area (Å²) < 4.78 is 28.4. The molecule has 0 aromatic heterocycles. The first-order valence-electron chi connectivity index (χ1n) is 11.3. The van der Waals surface area contributed by atoms with Crippen LogP contribution in [0.5, 0.6) is 0 Å². The van der Waals surface area contributed by atoms with Crippen LogP contribution in [0, 0.1) is 6.92 Å². The Morgan fingerprint density at radius 2 is 1.31 bits per heavy atom. The van der Waals surface area contributed by atoms with Gasteiger partial charge in [-0.25, -0.2) is 8.42 Å². The van der Waals surface area contributed by atoms with E-state index in [0.717, 1.165) is 16.7 Å². The van der Waals surface area contributed by atoms with Crippen molar-refractivity contribution >= 4 is 45.4 Å². The zero-order valence-electron chi connectivity index (χ0n) is 20.0. The molecular weight excluding hydrogens is 474 g/mol. The van der Waals surface area contributed by atoms with Crippen LogP contribution in [-0.4, -0.2) is 26.3 Å². The molecule has 186 valence electrons. The van der Waals surface area contributed by atoms with E-state index in [9.17, 15) is 18.0 Å². The van der Waals surface area contributed by atoms with E-state index in [4.69, 9.17) is 0 Å². The highest BCUT2D eigenvalue weighted by molar-refractivity contribution is 7.89. The van der Waals surface area contributed by atoms with Gasteiger partial charge in [0.05, 0.1) is 4.90 Å². The molecule has 0 fully saturated rings. The van der Waals surface area contributed by atoms with Crippen molar-refractivity contribution in [3.63, 3.8) is 0 Å². The molecule has 36 heavy (non-hydrogen) atoms. The highest BCUT2D eigenvalue weighted by Gasteiger charge is 2.26. The first kappa shape index (κ1) is 26.6. The largest absolute Gasteiger partial charge is 0.326 e. The number of aryl methyl sites for hydroxylation is 1. The van der Waals surface area contributed by atoms with Crippen LogP contribution < -0.4 is 15.4 Å². The average molecular weight is 504 g/mol. The molecule has 3 rings (SSSR count). The molecule has 1 atom stereocenters. The van der Waals surface area contributed by atoms with Gasteiger partial charge in [-0.3, -0.25) is 9.59 Å². The summed E-state index contributed by atoms with van der Waals surface area (Å²) in [5, 5.41) is 5.48. The third-order valence-electron chi connectivity index (χ3n) is 5.45. The van der Waals surface area contributed by atoms with Gasteiger partial charge in [0.25, 0.3) is 0 Å². The van der Waals surface area contributed by atoms with Gasteiger partial charge in [0, 0.05) is 17.8 Å². The summed E-state index contributed by atoms with van der Waals surface area (Å²) in [5.74, 6) is -0.913. The number of hydrogen-bond donors (Lipinski definition) is 3. The molecule has 3 N–H and O–H groups in total. The molecule has 0 spiro atoms. The van der Waals surface area contributed by atoms with Gasteiger partial charge in [-0.05, 0) is 60.9 Å². The summed E-state index contributed by atoms with van der Waals surface area (Å²) in [5.41, 5.74) is 3.79. The van der Waals surface area contributed by atoms with Crippen LogP contribution in [-0.2, 0) is 19.6 Å². The zero-order chi connectivity index (χ0) is 26.1. The standard InChI is InChI=1S/C28H29N3O4S/c1-4-21-8-12-23(13-9-21)29-27(32)19-18-26(28(33)30-24-14-10-22(5-2)11-15-24)31-36(34,35)25-16-6-20(3)7-17-25/h4-17,26,31H,1-2,18-19H2,3H3,(H,29,32)(H,30,33)/t26-/m0/s1. The third-order valence-corrected chi connectivity index (χ3v) is 6.94. The van der Waals surface area contributed by atoms with E-state index in [2.05, 4.69) is 28.5 Å². The Hall–Kier alpha value is -4.01. The molecular formula is C28H29N3O4S. The molecule has 0 heterocycles. The summed E-state index contributed by atoms with van der Waals surface area (Å²) in [4.78, 5) is 25.7. The second kappa shape index (κ2) is 12.1. The maximum Gasteiger partial charge on any atom is 0.242 e. The van der Waals surface area contributed by atoms with Crippen molar-refractivity contribution in [3.05, 3.63) is 103 Å². The van der Waals surface area contributed by atoms with E-state index in [1.807, 2.05) is 19.1 Å². The highest BCUT2D eigenvalue weighted by Crippen LogP contribution is 2.16. The van der Waals surface area contributed by atoms with Crippen LogP contribution in [0.4, 0.5) is 11.4 Å². The van der Waals surface area contributed by atoms with Crippen LogP contribution in [0.1, 0.15) is 29.5 Å². The SMILES string of the molecule is C=Cc1ccc(NC(=O)CC[C@H](NS(=O)(=O)c2ccc(C)cc2)C(=O)Nc2ccc(C=C)cc2)cc1. The number of carbonyl (C=O) groups is 2. The number of hydrogen-bond acceptors (Lipinski definition) is 4. The molecule has 3 aromatic rings. The first-order valence-corrected chi connectivity index (χ1v) is 12.8. The van der Waals surface area contributed by atoms with Crippen molar-refractivity contribution in [3.8, 4) is 0 Å². The number of anilines is 2. The second-order valence-electron chi connectivity index (χ2n) is 8.22. The number of sulfonamides is 1. The van der Waals surface area contributed by atoms with E-state index in [-0.39, 0.29) is 23.6 Å². The predicted molar refractivity (Wildman–Crippen MR) is 145 cm³/mol. The second-order valence-corrected chi connectivity index (χ2v) is 9.93. The minimum absolute atomic E-state index is 0.0352. The normalized spacial score (nSPS) is 11.8. The van der Waals surface area contributed by atoms with Crippen LogP contribution >= 0.6 is 0 Å². The molecule has 0 aliphatic carbocycles. The van der Waals surface area contributed by atoms with E-state index in [1.165, 1.54) is 12.1 Å². The number of amides is 2.